The van der Waals surface area contributed by atoms with E-state index in [1.165, 1.54) is 28.8 Å². The van der Waals surface area contributed by atoms with Crippen LogP contribution in [0.25, 0.3) is 0 Å². The summed E-state index contributed by atoms with van der Waals surface area (Å²) in [6.07, 6.45) is 8.13. The van der Waals surface area contributed by atoms with Crippen molar-refractivity contribution in [3.63, 3.8) is 0 Å². The molecule has 1 atom stereocenters. The highest BCUT2D eigenvalue weighted by atomic mass is 16.2. The zero-order valence-electron chi connectivity index (χ0n) is 15.2. The van der Waals surface area contributed by atoms with E-state index in [1.807, 2.05) is 17.2 Å². The molecule has 0 N–H and O–H groups in total. The Morgan fingerprint density at radius 3 is 2.92 bits per heavy atom. The molecule has 0 spiro atoms. The van der Waals surface area contributed by atoms with Gasteiger partial charge in [0.1, 0.15) is 0 Å². The van der Waals surface area contributed by atoms with E-state index in [9.17, 15) is 4.79 Å². The third-order valence-corrected chi connectivity index (χ3v) is 6.22. The molecule has 5 heteroatoms. The molecule has 26 heavy (non-hydrogen) atoms. The number of aromatic nitrogens is 2. The highest BCUT2D eigenvalue weighted by molar-refractivity contribution is 5.81. The van der Waals surface area contributed by atoms with E-state index < -0.39 is 0 Å². The van der Waals surface area contributed by atoms with Crippen LogP contribution in [0.2, 0.25) is 0 Å². The summed E-state index contributed by atoms with van der Waals surface area (Å²) in [6.45, 7) is 5.29. The van der Waals surface area contributed by atoms with Crippen molar-refractivity contribution in [2.24, 2.45) is 5.92 Å². The fraction of sp³-hybridized carbons (Fsp3) is 0.476. The average Bonchev–Trinajstić information content (AvgIpc) is 3.40. The smallest absolute Gasteiger partial charge is 0.228 e. The Morgan fingerprint density at radius 1 is 1.19 bits per heavy atom. The number of pyridine rings is 2. The number of hydrogen-bond acceptors (Lipinski definition) is 4. The van der Waals surface area contributed by atoms with Crippen molar-refractivity contribution in [3.8, 4) is 0 Å². The van der Waals surface area contributed by atoms with Gasteiger partial charge in [0.05, 0.1) is 30.0 Å². The minimum atomic E-state index is 0.0821. The van der Waals surface area contributed by atoms with Crippen molar-refractivity contribution in [3.05, 3.63) is 52.6 Å². The minimum absolute atomic E-state index is 0.0821. The van der Waals surface area contributed by atoms with Gasteiger partial charge in [0, 0.05) is 31.5 Å². The molecule has 0 bridgehead atoms. The number of hydrogen-bond donors (Lipinski definition) is 0. The summed E-state index contributed by atoms with van der Waals surface area (Å²) < 4.78 is 0. The predicted octanol–water partition coefficient (Wildman–Crippen LogP) is 2.64. The second kappa shape index (κ2) is 6.08. The topological polar surface area (TPSA) is 49.3 Å². The van der Waals surface area contributed by atoms with Gasteiger partial charge in [-0.1, -0.05) is 0 Å². The normalized spacial score (nSPS) is 21.2. The van der Waals surface area contributed by atoms with Crippen molar-refractivity contribution in [1.29, 1.82) is 0 Å². The molecule has 1 aliphatic carbocycles. The molecule has 2 aromatic heterocycles. The van der Waals surface area contributed by atoms with Crippen LogP contribution in [0.4, 0.5) is 5.69 Å². The zero-order valence-corrected chi connectivity index (χ0v) is 15.2. The van der Waals surface area contributed by atoms with Gasteiger partial charge in [0.15, 0.2) is 0 Å². The second-order valence-corrected chi connectivity index (χ2v) is 7.77. The molecule has 1 fully saturated rings. The van der Waals surface area contributed by atoms with E-state index >= 15 is 0 Å². The molecule has 5 nitrogen and oxygen atoms in total. The van der Waals surface area contributed by atoms with Gasteiger partial charge in [-0.25, -0.2) is 0 Å². The van der Waals surface area contributed by atoms with Crippen molar-refractivity contribution in [1.82, 2.24) is 14.9 Å². The van der Waals surface area contributed by atoms with Crippen LogP contribution in [-0.4, -0.2) is 33.9 Å². The van der Waals surface area contributed by atoms with Gasteiger partial charge in [0.25, 0.3) is 0 Å². The van der Waals surface area contributed by atoms with Crippen molar-refractivity contribution >= 4 is 11.6 Å². The number of anilines is 1. The Bertz CT molecular complexity index is 864. The maximum absolute atomic E-state index is 13.1. The third kappa shape index (κ3) is 2.49. The quantitative estimate of drug-likeness (QED) is 0.837. The van der Waals surface area contributed by atoms with Crippen LogP contribution in [0.15, 0.2) is 24.5 Å². The largest absolute Gasteiger partial charge is 0.369 e. The fourth-order valence-electron chi connectivity index (χ4n) is 4.88. The first-order chi connectivity index (χ1) is 12.7. The maximum atomic E-state index is 13.1. The van der Waals surface area contributed by atoms with Crippen LogP contribution in [0, 0.1) is 12.8 Å². The first-order valence-electron chi connectivity index (χ1n) is 9.64. The van der Waals surface area contributed by atoms with E-state index in [4.69, 9.17) is 4.98 Å². The number of carbonyl (C=O) groups is 1. The lowest BCUT2D eigenvalue weighted by Gasteiger charge is -2.21. The van der Waals surface area contributed by atoms with Crippen molar-refractivity contribution < 1.29 is 4.79 Å². The fourth-order valence-corrected chi connectivity index (χ4v) is 4.88. The molecule has 2 aromatic rings. The number of fused-ring (bicyclic) bond motifs is 3. The number of carbonyl (C=O) groups excluding carboxylic acids is 1. The maximum Gasteiger partial charge on any atom is 0.228 e. The summed E-state index contributed by atoms with van der Waals surface area (Å²) in [5, 5.41) is 0. The summed E-state index contributed by atoms with van der Waals surface area (Å²) in [6, 6.07) is 4.03. The van der Waals surface area contributed by atoms with Gasteiger partial charge < -0.3 is 9.80 Å². The number of rotatable bonds is 2. The first kappa shape index (κ1) is 15.8. The van der Waals surface area contributed by atoms with E-state index in [0.717, 1.165) is 50.3 Å². The third-order valence-electron chi connectivity index (χ3n) is 6.22. The van der Waals surface area contributed by atoms with E-state index in [2.05, 4.69) is 22.9 Å². The Kier molecular flexibility index (Phi) is 3.69. The lowest BCUT2D eigenvalue weighted by molar-refractivity contribution is -0.135. The molecule has 1 unspecified atom stereocenters. The Labute approximate surface area is 154 Å². The summed E-state index contributed by atoms with van der Waals surface area (Å²) in [5.74, 6) is 0.373. The number of aryl methyl sites for hydroxylation is 1. The zero-order chi connectivity index (χ0) is 17.7. The standard InChI is InChI=1S/C21H24N4O/c1-14-17-5-2-6-18(17)19-12-25(13-20(19)23-14)21(26)15-7-9-24(11-15)16-4-3-8-22-10-16/h3-4,8,10,15H,2,5-7,9,11-13H2,1H3. The molecule has 0 aromatic carbocycles. The first-order valence-corrected chi connectivity index (χ1v) is 9.64. The number of amides is 1. The molecular formula is C21H24N4O. The van der Waals surface area contributed by atoms with Gasteiger partial charge >= 0.3 is 0 Å². The molecule has 5 rings (SSSR count). The molecule has 1 amide bonds. The lowest BCUT2D eigenvalue weighted by Crippen LogP contribution is -2.34. The van der Waals surface area contributed by atoms with Crippen LogP contribution >= 0.6 is 0 Å². The SMILES string of the molecule is Cc1nc2c(c3c1CCC3)CN(C(=O)C1CCN(c3cccnc3)C1)C2. The van der Waals surface area contributed by atoms with Crippen LogP contribution in [0.5, 0.6) is 0 Å². The molecular weight excluding hydrogens is 324 g/mol. The monoisotopic (exact) mass is 348 g/mol. The van der Waals surface area contributed by atoms with Gasteiger partial charge in [-0.05, 0) is 61.4 Å². The summed E-state index contributed by atoms with van der Waals surface area (Å²) in [5.41, 5.74) is 7.71. The summed E-state index contributed by atoms with van der Waals surface area (Å²) in [4.78, 5) is 26.5. The Morgan fingerprint density at radius 2 is 2.08 bits per heavy atom. The average molecular weight is 348 g/mol. The second-order valence-electron chi connectivity index (χ2n) is 7.77. The van der Waals surface area contributed by atoms with Crippen LogP contribution in [0.1, 0.15) is 40.9 Å². The van der Waals surface area contributed by atoms with Crippen LogP contribution in [0.3, 0.4) is 0 Å². The molecule has 2 aliphatic heterocycles. The highest BCUT2D eigenvalue weighted by Crippen LogP contribution is 2.35. The number of nitrogens with zero attached hydrogens (tertiary/aromatic N) is 4. The Hall–Kier alpha value is -2.43. The Balaban J connectivity index is 1.32. The highest BCUT2D eigenvalue weighted by Gasteiger charge is 2.36. The van der Waals surface area contributed by atoms with Crippen LogP contribution < -0.4 is 4.90 Å². The van der Waals surface area contributed by atoms with E-state index in [-0.39, 0.29) is 5.92 Å². The molecule has 1 saturated heterocycles. The van der Waals surface area contributed by atoms with Gasteiger partial charge in [-0.3, -0.25) is 14.8 Å². The summed E-state index contributed by atoms with van der Waals surface area (Å²) in [7, 11) is 0. The van der Waals surface area contributed by atoms with Crippen molar-refractivity contribution in [2.75, 3.05) is 18.0 Å². The van der Waals surface area contributed by atoms with Gasteiger partial charge in [0.2, 0.25) is 5.91 Å². The van der Waals surface area contributed by atoms with E-state index in [0.29, 0.717) is 12.5 Å². The molecule has 4 heterocycles. The van der Waals surface area contributed by atoms with Crippen LogP contribution in [-0.2, 0) is 30.7 Å². The van der Waals surface area contributed by atoms with Gasteiger partial charge in [-0.15, -0.1) is 0 Å². The summed E-state index contributed by atoms with van der Waals surface area (Å²) >= 11 is 0. The molecule has 0 saturated carbocycles. The molecule has 0 radical (unpaired) electrons. The minimum Gasteiger partial charge on any atom is -0.369 e. The van der Waals surface area contributed by atoms with Crippen molar-refractivity contribution in [2.45, 2.75) is 45.7 Å². The molecule has 3 aliphatic rings. The lowest BCUT2D eigenvalue weighted by atomic mass is 10.0. The van der Waals surface area contributed by atoms with E-state index in [1.54, 1.807) is 6.20 Å². The molecule has 134 valence electrons. The predicted molar refractivity (Wildman–Crippen MR) is 99.8 cm³/mol. The van der Waals surface area contributed by atoms with Gasteiger partial charge in [-0.2, -0.15) is 0 Å².